The van der Waals surface area contributed by atoms with Crippen molar-refractivity contribution in [3.05, 3.63) is 35.9 Å². The first-order valence-electron chi connectivity index (χ1n) is 7.62. The number of hydrogen-bond acceptors (Lipinski definition) is 4. The molecule has 1 rings (SSSR count). The van der Waals surface area contributed by atoms with E-state index in [9.17, 15) is 9.90 Å². The second-order valence-electron chi connectivity index (χ2n) is 6.43. The van der Waals surface area contributed by atoms with Crippen molar-refractivity contribution in [1.29, 1.82) is 0 Å². The number of halogens is 1. The summed E-state index contributed by atoms with van der Waals surface area (Å²) in [6, 6.07) is 9.30. The summed E-state index contributed by atoms with van der Waals surface area (Å²) in [6.07, 6.45) is -1.30. The van der Waals surface area contributed by atoms with Crippen LogP contribution < -0.4 is 5.32 Å². The zero-order valence-corrected chi connectivity index (χ0v) is 15.7. The Morgan fingerprint density at radius 1 is 1.30 bits per heavy atom. The molecule has 0 bridgehead atoms. The minimum absolute atomic E-state index is 0.237. The van der Waals surface area contributed by atoms with Crippen LogP contribution in [0.5, 0.6) is 0 Å². The van der Waals surface area contributed by atoms with Crippen LogP contribution >= 0.6 is 15.9 Å². The lowest BCUT2D eigenvalue weighted by atomic mass is 10.1. The van der Waals surface area contributed by atoms with Gasteiger partial charge >= 0.3 is 6.09 Å². The van der Waals surface area contributed by atoms with Crippen molar-refractivity contribution in [3.8, 4) is 0 Å². The van der Waals surface area contributed by atoms with Crippen molar-refractivity contribution in [2.24, 2.45) is 0 Å². The third-order valence-electron chi connectivity index (χ3n) is 2.98. The van der Waals surface area contributed by atoms with Crippen molar-refractivity contribution in [2.45, 2.75) is 56.9 Å². The number of alkyl carbamates (subject to hydrolysis) is 1. The number of benzene rings is 1. The number of hydrogen-bond donors (Lipinski definition) is 2. The quantitative estimate of drug-likeness (QED) is 0.704. The van der Waals surface area contributed by atoms with Gasteiger partial charge in [-0.2, -0.15) is 0 Å². The van der Waals surface area contributed by atoms with Crippen LogP contribution in [0.1, 0.15) is 33.3 Å². The van der Waals surface area contributed by atoms with Gasteiger partial charge in [-0.25, -0.2) is 4.79 Å². The van der Waals surface area contributed by atoms with Gasteiger partial charge in [0.2, 0.25) is 0 Å². The van der Waals surface area contributed by atoms with Crippen LogP contribution in [0.15, 0.2) is 30.3 Å². The summed E-state index contributed by atoms with van der Waals surface area (Å²) in [5, 5.41) is 12.6. The predicted molar refractivity (Wildman–Crippen MR) is 93.7 cm³/mol. The summed E-state index contributed by atoms with van der Waals surface area (Å²) >= 11 is 3.47. The highest BCUT2D eigenvalue weighted by Crippen LogP contribution is 2.14. The standard InChI is InChI=1S/C17H26BrNO4/c1-12(20)15(19-16(21)23-17(2,3)4)14(18)11-22-10-13-8-6-5-7-9-13/h5-9,12,14-15,20H,10-11H2,1-4H3,(H,19,21)/t12?,14-,15+/m0/s1. The fourth-order valence-electron chi connectivity index (χ4n) is 1.92. The molecule has 2 N–H and O–H groups in total. The highest BCUT2D eigenvalue weighted by atomic mass is 79.9. The summed E-state index contributed by atoms with van der Waals surface area (Å²) in [6.45, 7) is 7.81. The summed E-state index contributed by atoms with van der Waals surface area (Å²) < 4.78 is 10.9. The first-order chi connectivity index (χ1) is 10.7. The van der Waals surface area contributed by atoms with E-state index in [-0.39, 0.29) is 4.83 Å². The Morgan fingerprint density at radius 3 is 2.43 bits per heavy atom. The fourth-order valence-corrected chi connectivity index (χ4v) is 2.68. The zero-order valence-electron chi connectivity index (χ0n) is 14.1. The predicted octanol–water partition coefficient (Wildman–Crippen LogP) is 3.24. The van der Waals surface area contributed by atoms with Crippen LogP contribution in [0.4, 0.5) is 4.79 Å². The molecule has 0 saturated heterocycles. The maximum Gasteiger partial charge on any atom is 0.408 e. The molecule has 23 heavy (non-hydrogen) atoms. The van der Waals surface area contributed by atoms with Gasteiger partial charge in [-0.15, -0.1) is 0 Å². The van der Waals surface area contributed by atoms with Crippen molar-refractivity contribution in [1.82, 2.24) is 5.32 Å². The molecule has 1 aromatic rings. The lowest BCUT2D eigenvalue weighted by Gasteiger charge is -2.28. The number of rotatable bonds is 7. The summed E-state index contributed by atoms with van der Waals surface area (Å²) in [7, 11) is 0. The molecule has 0 radical (unpaired) electrons. The summed E-state index contributed by atoms with van der Waals surface area (Å²) in [5.41, 5.74) is 0.486. The lowest BCUT2D eigenvalue weighted by molar-refractivity contribution is 0.0396. The van der Waals surface area contributed by atoms with Crippen molar-refractivity contribution < 1.29 is 19.4 Å². The van der Waals surface area contributed by atoms with Crippen LogP contribution in [-0.4, -0.2) is 40.4 Å². The van der Waals surface area contributed by atoms with Crippen LogP contribution in [-0.2, 0) is 16.1 Å². The summed E-state index contributed by atoms with van der Waals surface area (Å²) in [5.74, 6) is 0. The molecule has 1 amide bonds. The zero-order chi connectivity index (χ0) is 17.5. The minimum atomic E-state index is -0.743. The van der Waals surface area contributed by atoms with E-state index < -0.39 is 23.8 Å². The largest absolute Gasteiger partial charge is 0.444 e. The molecule has 0 aliphatic rings. The second kappa shape index (κ2) is 9.25. The van der Waals surface area contributed by atoms with E-state index in [1.807, 2.05) is 30.3 Å². The Bertz CT molecular complexity index is 473. The molecule has 3 atom stereocenters. The molecule has 0 fully saturated rings. The lowest BCUT2D eigenvalue weighted by Crippen LogP contribution is -2.50. The van der Waals surface area contributed by atoms with Crippen molar-refractivity contribution in [2.75, 3.05) is 6.61 Å². The van der Waals surface area contributed by atoms with Gasteiger partial charge < -0.3 is 19.9 Å². The molecule has 0 saturated carbocycles. The number of aliphatic hydroxyl groups excluding tert-OH is 1. The molecule has 0 aliphatic carbocycles. The van der Waals surface area contributed by atoms with Gasteiger partial charge in [0.1, 0.15) is 5.60 Å². The van der Waals surface area contributed by atoms with E-state index in [0.29, 0.717) is 13.2 Å². The van der Waals surface area contributed by atoms with Gasteiger partial charge in [0.05, 0.1) is 30.2 Å². The monoisotopic (exact) mass is 387 g/mol. The normalized spacial score (nSPS) is 15.6. The Morgan fingerprint density at radius 2 is 1.91 bits per heavy atom. The van der Waals surface area contributed by atoms with Gasteiger partial charge in [0.15, 0.2) is 0 Å². The molecule has 1 aromatic carbocycles. The first kappa shape index (κ1) is 19.9. The Balaban J connectivity index is 2.47. The van der Waals surface area contributed by atoms with Crippen LogP contribution in [0.25, 0.3) is 0 Å². The van der Waals surface area contributed by atoms with Crippen LogP contribution in [0.3, 0.4) is 0 Å². The number of carbonyl (C=O) groups is 1. The van der Waals surface area contributed by atoms with Crippen LogP contribution in [0.2, 0.25) is 0 Å². The molecule has 0 heterocycles. The fraction of sp³-hybridized carbons (Fsp3) is 0.588. The molecule has 6 heteroatoms. The molecule has 0 aromatic heterocycles. The number of nitrogens with one attached hydrogen (secondary N) is 1. The molecule has 0 spiro atoms. The molecule has 5 nitrogen and oxygen atoms in total. The molecular weight excluding hydrogens is 362 g/mol. The Kier molecular flexibility index (Phi) is 8.02. The molecular formula is C17H26BrNO4. The maximum absolute atomic E-state index is 11.9. The average Bonchev–Trinajstić information content (AvgIpc) is 2.43. The highest BCUT2D eigenvalue weighted by molar-refractivity contribution is 9.09. The first-order valence-corrected chi connectivity index (χ1v) is 8.54. The van der Waals surface area contributed by atoms with E-state index in [0.717, 1.165) is 5.56 Å². The van der Waals surface area contributed by atoms with Crippen LogP contribution in [0, 0.1) is 0 Å². The molecule has 0 aliphatic heterocycles. The van der Waals surface area contributed by atoms with E-state index in [1.165, 1.54) is 0 Å². The Hall–Kier alpha value is -1.11. The van der Waals surface area contributed by atoms with E-state index >= 15 is 0 Å². The summed E-state index contributed by atoms with van der Waals surface area (Å²) in [4.78, 5) is 11.6. The number of alkyl halides is 1. The van der Waals surface area contributed by atoms with Gasteiger partial charge in [-0.1, -0.05) is 46.3 Å². The SMILES string of the molecule is CC(O)[C@@H](NC(=O)OC(C)(C)C)[C@@H](Br)COCc1ccccc1. The van der Waals surface area contributed by atoms with Crippen molar-refractivity contribution in [3.63, 3.8) is 0 Å². The molecule has 130 valence electrons. The van der Waals surface area contributed by atoms with E-state index in [1.54, 1.807) is 27.7 Å². The smallest absolute Gasteiger partial charge is 0.408 e. The van der Waals surface area contributed by atoms with Crippen molar-refractivity contribution >= 4 is 22.0 Å². The molecule has 1 unspecified atom stereocenters. The van der Waals surface area contributed by atoms with E-state index in [2.05, 4.69) is 21.2 Å². The van der Waals surface area contributed by atoms with Gasteiger partial charge in [0, 0.05) is 0 Å². The van der Waals surface area contributed by atoms with Gasteiger partial charge in [-0.3, -0.25) is 0 Å². The second-order valence-corrected chi connectivity index (χ2v) is 7.61. The highest BCUT2D eigenvalue weighted by Gasteiger charge is 2.28. The van der Waals surface area contributed by atoms with E-state index in [4.69, 9.17) is 9.47 Å². The van der Waals surface area contributed by atoms with Gasteiger partial charge in [0.25, 0.3) is 0 Å². The third-order valence-corrected chi connectivity index (χ3v) is 3.82. The maximum atomic E-state index is 11.9. The van der Waals surface area contributed by atoms with Gasteiger partial charge in [-0.05, 0) is 33.3 Å². The number of carbonyl (C=O) groups excluding carboxylic acids is 1. The number of amides is 1. The number of aliphatic hydroxyl groups is 1. The number of ether oxygens (including phenoxy) is 2. The average molecular weight is 388 g/mol. The Labute approximate surface area is 146 Å². The topological polar surface area (TPSA) is 67.8 Å². The third kappa shape index (κ3) is 8.34. The minimum Gasteiger partial charge on any atom is -0.444 e.